The first-order valence-corrected chi connectivity index (χ1v) is 8.74. The minimum atomic E-state index is -0.323. The van der Waals surface area contributed by atoms with Gasteiger partial charge in [-0.05, 0) is 26.0 Å². The van der Waals surface area contributed by atoms with Crippen LogP contribution in [0.2, 0.25) is 0 Å². The highest BCUT2D eigenvalue weighted by molar-refractivity contribution is 7.13. The second-order valence-electron chi connectivity index (χ2n) is 4.83. The summed E-state index contributed by atoms with van der Waals surface area (Å²) in [7, 11) is 1.35. The Kier molecular flexibility index (Phi) is 7.21. The maximum absolute atomic E-state index is 11.2. The zero-order valence-corrected chi connectivity index (χ0v) is 15.3. The molecule has 25 heavy (non-hydrogen) atoms. The van der Waals surface area contributed by atoms with Crippen molar-refractivity contribution in [2.45, 2.75) is 20.3 Å². The van der Waals surface area contributed by atoms with Crippen LogP contribution in [0.1, 0.15) is 25.1 Å². The number of hydrogen-bond acceptors (Lipinski definition) is 8. The van der Waals surface area contributed by atoms with Crippen molar-refractivity contribution in [2.75, 3.05) is 25.7 Å². The van der Waals surface area contributed by atoms with Crippen LogP contribution >= 0.6 is 11.3 Å². The molecule has 0 aliphatic rings. The van der Waals surface area contributed by atoms with Crippen molar-refractivity contribution in [3.8, 4) is 11.5 Å². The summed E-state index contributed by atoms with van der Waals surface area (Å²) < 4.78 is 15.7. The van der Waals surface area contributed by atoms with Gasteiger partial charge in [-0.2, -0.15) is 5.10 Å². The van der Waals surface area contributed by atoms with E-state index in [1.54, 1.807) is 11.6 Å². The van der Waals surface area contributed by atoms with E-state index in [9.17, 15) is 4.79 Å². The normalized spacial score (nSPS) is 10.7. The number of anilines is 1. The highest BCUT2D eigenvalue weighted by Crippen LogP contribution is 2.24. The van der Waals surface area contributed by atoms with Gasteiger partial charge < -0.3 is 14.2 Å². The molecule has 0 radical (unpaired) electrons. The second kappa shape index (κ2) is 9.63. The minimum absolute atomic E-state index is 0.145. The Morgan fingerprint density at radius 1 is 1.32 bits per heavy atom. The number of thiazole rings is 1. The molecule has 0 unspecified atom stereocenters. The largest absolute Gasteiger partial charge is 0.494 e. The molecule has 1 aromatic heterocycles. The highest BCUT2D eigenvalue weighted by atomic mass is 32.1. The number of ether oxygens (including phenoxy) is 3. The molecular weight excluding hydrogens is 342 g/mol. The van der Waals surface area contributed by atoms with Gasteiger partial charge in [0.2, 0.25) is 5.13 Å². The fraction of sp³-hybridized carbons (Fsp3) is 0.353. The molecule has 2 aromatic rings. The molecule has 2 rings (SSSR count). The molecule has 0 spiro atoms. The maximum Gasteiger partial charge on any atom is 0.311 e. The van der Waals surface area contributed by atoms with E-state index in [2.05, 4.69) is 20.2 Å². The van der Waals surface area contributed by atoms with E-state index < -0.39 is 0 Å². The van der Waals surface area contributed by atoms with Gasteiger partial charge in [0, 0.05) is 17.0 Å². The number of esters is 1. The molecule has 0 aliphatic heterocycles. The van der Waals surface area contributed by atoms with Gasteiger partial charge in [-0.15, -0.1) is 11.3 Å². The molecule has 7 nitrogen and oxygen atoms in total. The molecule has 1 heterocycles. The fourth-order valence-electron chi connectivity index (χ4n) is 1.97. The molecule has 8 heteroatoms. The number of carbonyl (C=O) groups is 1. The summed E-state index contributed by atoms with van der Waals surface area (Å²) >= 11 is 1.37. The van der Waals surface area contributed by atoms with E-state index in [1.165, 1.54) is 18.4 Å². The third-order valence-corrected chi connectivity index (χ3v) is 3.86. The van der Waals surface area contributed by atoms with Gasteiger partial charge in [-0.3, -0.25) is 10.2 Å². The summed E-state index contributed by atoms with van der Waals surface area (Å²) in [5, 5.41) is 6.56. The van der Waals surface area contributed by atoms with Crippen LogP contribution < -0.4 is 14.9 Å². The van der Waals surface area contributed by atoms with Crippen LogP contribution in [0.4, 0.5) is 5.13 Å². The lowest BCUT2D eigenvalue weighted by Crippen LogP contribution is -2.04. The summed E-state index contributed by atoms with van der Waals surface area (Å²) in [6.45, 7) is 5.00. The Hall–Kier alpha value is -2.61. The van der Waals surface area contributed by atoms with Crippen LogP contribution in [0, 0.1) is 0 Å². The van der Waals surface area contributed by atoms with E-state index in [0.29, 0.717) is 29.8 Å². The average molecular weight is 363 g/mol. The number of nitrogens with one attached hydrogen (secondary N) is 1. The number of carbonyl (C=O) groups excluding carboxylic acids is 1. The average Bonchev–Trinajstić information content (AvgIpc) is 3.04. The number of rotatable bonds is 9. The summed E-state index contributed by atoms with van der Waals surface area (Å²) in [6.07, 6.45) is 1.80. The predicted molar refractivity (Wildman–Crippen MR) is 97.8 cm³/mol. The van der Waals surface area contributed by atoms with Crippen molar-refractivity contribution in [2.24, 2.45) is 5.10 Å². The lowest BCUT2D eigenvalue weighted by molar-refractivity contribution is -0.139. The topological polar surface area (TPSA) is 82.0 Å². The van der Waals surface area contributed by atoms with E-state index >= 15 is 0 Å². The van der Waals surface area contributed by atoms with Crippen molar-refractivity contribution < 1.29 is 19.0 Å². The van der Waals surface area contributed by atoms with Crippen molar-refractivity contribution >= 4 is 28.7 Å². The minimum Gasteiger partial charge on any atom is -0.494 e. The Morgan fingerprint density at radius 3 is 2.84 bits per heavy atom. The molecule has 0 saturated carbocycles. The van der Waals surface area contributed by atoms with E-state index in [4.69, 9.17) is 9.47 Å². The van der Waals surface area contributed by atoms with Crippen LogP contribution in [0.3, 0.4) is 0 Å². The summed E-state index contributed by atoms with van der Waals surface area (Å²) in [5.74, 6) is 1.13. The number of benzene rings is 1. The van der Waals surface area contributed by atoms with Gasteiger partial charge >= 0.3 is 5.97 Å². The molecule has 0 fully saturated rings. The summed E-state index contributed by atoms with van der Waals surface area (Å²) in [6, 6.07) is 5.59. The first-order valence-electron chi connectivity index (χ1n) is 7.86. The maximum atomic E-state index is 11.2. The fourth-order valence-corrected chi connectivity index (χ4v) is 2.63. The third kappa shape index (κ3) is 5.75. The van der Waals surface area contributed by atoms with Gasteiger partial charge in [0.15, 0.2) is 0 Å². The quantitative estimate of drug-likeness (QED) is 0.419. The predicted octanol–water partition coefficient (Wildman–Crippen LogP) is 3.10. The molecule has 0 amide bonds. The smallest absolute Gasteiger partial charge is 0.311 e. The SMILES string of the molecule is CCOc1ccc(/C=N\Nc2nc(CC(=O)OC)cs2)c(OCC)c1. The highest BCUT2D eigenvalue weighted by Gasteiger charge is 2.07. The zero-order valence-electron chi connectivity index (χ0n) is 14.4. The van der Waals surface area contributed by atoms with Gasteiger partial charge in [-0.25, -0.2) is 4.98 Å². The number of hydrazone groups is 1. The Morgan fingerprint density at radius 2 is 2.12 bits per heavy atom. The zero-order chi connectivity index (χ0) is 18.1. The lowest BCUT2D eigenvalue weighted by Gasteiger charge is -2.09. The summed E-state index contributed by atoms with van der Waals surface area (Å²) in [5.41, 5.74) is 4.32. The molecule has 134 valence electrons. The standard InChI is InChI=1S/C17H21N3O4S/c1-4-23-14-7-6-12(15(9-14)24-5-2)10-18-20-17-19-13(11-25-17)8-16(21)22-3/h6-7,9-11H,4-5,8H2,1-3H3,(H,19,20)/b18-10-. The van der Waals surface area contributed by atoms with Gasteiger partial charge in [0.25, 0.3) is 0 Å². The summed E-state index contributed by atoms with van der Waals surface area (Å²) in [4.78, 5) is 15.5. The second-order valence-corrected chi connectivity index (χ2v) is 5.69. The first-order chi connectivity index (χ1) is 12.2. The van der Waals surface area contributed by atoms with Crippen LogP contribution in [0.25, 0.3) is 0 Å². The Bertz CT molecular complexity index is 730. The Balaban J connectivity index is 2.02. The van der Waals surface area contributed by atoms with Crippen molar-refractivity contribution in [3.63, 3.8) is 0 Å². The molecule has 0 saturated heterocycles. The van der Waals surface area contributed by atoms with Gasteiger partial charge in [0.05, 0.1) is 38.7 Å². The molecule has 1 aromatic carbocycles. The van der Waals surface area contributed by atoms with Crippen LogP contribution in [0.15, 0.2) is 28.7 Å². The van der Waals surface area contributed by atoms with Gasteiger partial charge in [0.1, 0.15) is 11.5 Å². The Labute approximate surface area is 150 Å². The molecule has 0 bridgehead atoms. The van der Waals surface area contributed by atoms with Crippen LogP contribution in [-0.4, -0.2) is 37.5 Å². The third-order valence-electron chi connectivity index (χ3n) is 3.06. The molecular formula is C17H21N3O4S. The van der Waals surface area contributed by atoms with Gasteiger partial charge in [-0.1, -0.05) is 0 Å². The number of nitrogens with zero attached hydrogens (tertiary/aromatic N) is 2. The van der Waals surface area contributed by atoms with Crippen molar-refractivity contribution in [1.29, 1.82) is 0 Å². The molecule has 1 N–H and O–H groups in total. The van der Waals surface area contributed by atoms with E-state index in [-0.39, 0.29) is 12.4 Å². The monoisotopic (exact) mass is 363 g/mol. The van der Waals surface area contributed by atoms with E-state index in [1.807, 2.05) is 32.0 Å². The van der Waals surface area contributed by atoms with Crippen LogP contribution in [-0.2, 0) is 16.0 Å². The number of hydrogen-bond donors (Lipinski definition) is 1. The molecule has 0 atom stereocenters. The first kappa shape index (κ1) is 18.7. The van der Waals surface area contributed by atoms with Crippen molar-refractivity contribution in [3.05, 3.63) is 34.8 Å². The number of aromatic nitrogens is 1. The van der Waals surface area contributed by atoms with Crippen LogP contribution in [0.5, 0.6) is 11.5 Å². The number of methoxy groups -OCH3 is 1. The lowest BCUT2D eigenvalue weighted by atomic mass is 10.2. The molecule has 0 aliphatic carbocycles. The van der Waals surface area contributed by atoms with Crippen molar-refractivity contribution in [1.82, 2.24) is 4.98 Å². The van der Waals surface area contributed by atoms with E-state index in [0.717, 1.165) is 11.3 Å².